The van der Waals surface area contributed by atoms with Crippen LogP contribution in [-0.2, 0) is 16.0 Å². The average molecular weight is 478 g/mol. The Hall–Kier alpha value is -2.21. The minimum absolute atomic E-state index is 0.0614. The van der Waals surface area contributed by atoms with Crippen LogP contribution in [0.1, 0.15) is 89.3 Å². The molecule has 2 aliphatic heterocycles. The molecule has 6 nitrogen and oxygen atoms in total. The van der Waals surface area contributed by atoms with Crippen molar-refractivity contribution in [2.75, 3.05) is 6.61 Å². The van der Waals surface area contributed by atoms with E-state index in [0.717, 1.165) is 41.8 Å². The van der Waals surface area contributed by atoms with Crippen molar-refractivity contribution in [1.82, 2.24) is 14.5 Å². The second-order valence-corrected chi connectivity index (χ2v) is 11.5. The molecule has 2 aliphatic carbocycles. The third-order valence-corrected chi connectivity index (χ3v) is 9.38. The highest BCUT2D eigenvalue weighted by Crippen LogP contribution is 2.47. The third-order valence-electron chi connectivity index (χ3n) is 9.38. The molecule has 1 aromatic heterocycles. The molecule has 0 radical (unpaired) electrons. The number of hydrogen-bond acceptors (Lipinski definition) is 5. The zero-order valence-electron chi connectivity index (χ0n) is 21.0. The highest BCUT2D eigenvalue weighted by atomic mass is 16.5. The van der Waals surface area contributed by atoms with E-state index < -0.39 is 0 Å². The summed E-state index contributed by atoms with van der Waals surface area (Å²) < 4.78 is 7.12. The molecule has 4 fully saturated rings. The lowest BCUT2D eigenvalue weighted by Crippen LogP contribution is -2.52. The molecule has 188 valence electrons. The van der Waals surface area contributed by atoms with E-state index in [2.05, 4.69) is 9.88 Å². The van der Waals surface area contributed by atoms with Gasteiger partial charge in [0.2, 0.25) is 0 Å². The Bertz CT molecular complexity index is 1120. The first-order valence-corrected chi connectivity index (χ1v) is 14.0. The second kappa shape index (κ2) is 9.68. The van der Waals surface area contributed by atoms with Crippen molar-refractivity contribution >= 4 is 17.0 Å². The predicted octanol–water partition coefficient (Wildman–Crippen LogP) is 5.03. The number of rotatable bonds is 5. The van der Waals surface area contributed by atoms with Crippen molar-refractivity contribution in [3.05, 3.63) is 40.3 Å². The van der Waals surface area contributed by atoms with Crippen LogP contribution in [0.2, 0.25) is 0 Å². The van der Waals surface area contributed by atoms with Gasteiger partial charge in [0.25, 0.3) is 5.56 Å². The Morgan fingerprint density at radius 1 is 0.914 bits per heavy atom. The molecule has 2 saturated carbocycles. The summed E-state index contributed by atoms with van der Waals surface area (Å²) in [5.74, 6) is 1.47. The van der Waals surface area contributed by atoms with Gasteiger partial charge in [-0.1, -0.05) is 37.8 Å². The van der Waals surface area contributed by atoms with Crippen LogP contribution in [0.25, 0.3) is 11.0 Å². The van der Waals surface area contributed by atoms with E-state index in [4.69, 9.17) is 4.74 Å². The molecular formula is C29H39N3O3. The molecule has 0 spiro atoms. The summed E-state index contributed by atoms with van der Waals surface area (Å²) >= 11 is 0. The molecule has 3 heterocycles. The lowest BCUT2D eigenvalue weighted by Gasteiger charge is -2.48. The van der Waals surface area contributed by atoms with Gasteiger partial charge in [0.15, 0.2) is 0 Å². The first kappa shape index (κ1) is 23.2. The minimum Gasteiger partial charge on any atom is -0.466 e. The fourth-order valence-corrected chi connectivity index (χ4v) is 8.13. The molecule has 0 N–H and O–H groups in total. The molecule has 2 unspecified atom stereocenters. The number of ether oxygens (including phenoxy) is 1. The SMILES string of the molecule is CCOC(=O)Cc1nc2ccccc2n(C2C[C@H]3CC[C@H](C2)N3C2CC3CCCCC(C3)C2)c1=O. The van der Waals surface area contributed by atoms with Crippen molar-refractivity contribution in [3.63, 3.8) is 0 Å². The predicted molar refractivity (Wildman–Crippen MR) is 136 cm³/mol. The number of carbonyl (C=O) groups is 1. The molecule has 0 amide bonds. The first-order chi connectivity index (χ1) is 17.1. The molecule has 4 aliphatic rings. The van der Waals surface area contributed by atoms with Crippen LogP contribution < -0.4 is 5.56 Å². The number of piperidine rings is 1. The number of nitrogens with zero attached hydrogens (tertiary/aromatic N) is 3. The molecule has 6 rings (SSSR count). The summed E-state index contributed by atoms with van der Waals surface area (Å²) in [4.78, 5) is 33.4. The maximum atomic E-state index is 13.7. The maximum Gasteiger partial charge on any atom is 0.312 e. The van der Waals surface area contributed by atoms with Gasteiger partial charge in [0.05, 0.1) is 24.1 Å². The van der Waals surface area contributed by atoms with Crippen molar-refractivity contribution in [1.29, 1.82) is 0 Å². The standard InChI is InChI=1S/C29H39N3O3/c1-2-35-28(33)18-26-29(34)32(27-10-6-5-9-25(27)30-26)24-16-21-11-12-22(17-24)31(21)23-14-19-7-3-4-8-20(13-19)15-23/h5-6,9-10,19-24H,2-4,7-8,11-18H2,1H3/t19?,20?,21-,22-,23?/m1/s1. The highest BCUT2D eigenvalue weighted by molar-refractivity contribution is 5.77. The number of carbonyl (C=O) groups excluding carboxylic acids is 1. The van der Waals surface area contributed by atoms with Crippen molar-refractivity contribution in [3.8, 4) is 0 Å². The molecule has 4 atom stereocenters. The van der Waals surface area contributed by atoms with Crippen LogP contribution in [0.4, 0.5) is 0 Å². The highest BCUT2D eigenvalue weighted by Gasteiger charge is 2.46. The molecule has 2 aromatic rings. The molecular weight excluding hydrogens is 438 g/mol. The van der Waals surface area contributed by atoms with Crippen LogP contribution in [0.5, 0.6) is 0 Å². The number of aromatic nitrogens is 2. The summed E-state index contributed by atoms with van der Waals surface area (Å²) in [5.41, 5.74) is 1.88. The van der Waals surface area contributed by atoms with Gasteiger partial charge in [-0.15, -0.1) is 0 Å². The van der Waals surface area contributed by atoms with Crippen molar-refractivity contribution < 1.29 is 9.53 Å². The Morgan fingerprint density at radius 3 is 2.29 bits per heavy atom. The lowest BCUT2D eigenvalue weighted by atomic mass is 9.76. The van der Waals surface area contributed by atoms with Crippen LogP contribution in [0.15, 0.2) is 29.1 Å². The van der Waals surface area contributed by atoms with E-state index in [-0.39, 0.29) is 24.0 Å². The Kier molecular flexibility index (Phi) is 6.42. The lowest BCUT2D eigenvalue weighted by molar-refractivity contribution is -0.142. The largest absolute Gasteiger partial charge is 0.466 e. The van der Waals surface area contributed by atoms with Gasteiger partial charge in [0, 0.05) is 24.2 Å². The molecule has 35 heavy (non-hydrogen) atoms. The Morgan fingerprint density at radius 2 is 1.60 bits per heavy atom. The van der Waals surface area contributed by atoms with E-state index in [1.165, 1.54) is 57.8 Å². The van der Waals surface area contributed by atoms with E-state index in [0.29, 0.717) is 24.4 Å². The zero-order valence-corrected chi connectivity index (χ0v) is 21.0. The summed E-state index contributed by atoms with van der Waals surface area (Å²) in [7, 11) is 0. The minimum atomic E-state index is -0.382. The van der Waals surface area contributed by atoms with Gasteiger partial charge >= 0.3 is 5.97 Å². The number of fused-ring (bicyclic) bond motifs is 5. The average Bonchev–Trinajstić information content (AvgIpc) is 3.00. The summed E-state index contributed by atoms with van der Waals surface area (Å²) in [6, 6.07) is 9.93. The van der Waals surface area contributed by atoms with Gasteiger partial charge in [-0.05, 0) is 75.8 Å². The topological polar surface area (TPSA) is 64.4 Å². The van der Waals surface area contributed by atoms with E-state index in [9.17, 15) is 9.59 Å². The van der Waals surface area contributed by atoms with E-state index in [1.54, 1.807) is 6.92 Å². The monoisotopic (exact) mass is 477 g/mol. The fraction of sp³-hybridized carbons (Fsp3) is 0.690. The quantitative estimate of drug-likeness (QED) is 0.565. The Balaban J connectivity index is 1.29. The maximum absolute atomic E-state index is 13.7. The molecule has 1 aromatic carbocycles. The first-order valence-electron chi connectivity index (χ1n) is 14.0. The zero-order chi connectivity index (χ0) is 23.9. The van der Waals surface area contributed by atoms with E-state index in [1.807, 2.05) is 28.8 Å². The number of hydrogen-bond donors (Lipinski definition) is 0. The summed E-state index contributed by atoms with van der Waals surface area (Å²) in [5, 5.41) is 0. The molecule has 4 bridgehead atoms. The number of benzene rings is 1. The van der Waals surface area contributed by atoms with Crippen molar-refractivity contribution in [2.45, 2.75) is 108 Å². The fourth-order valence-electron chi connectivity index (χ4n) is 8.13. The summed E-state index contributed by atoms with van der Waals surface area (Å²) in [6.07, 6.45) is 14.4. The smallest absolute Gasteiger partial charge is 0.312 e. The van der Waals surface area contributed by atoms with Crippen molar-refractivity contribution in [2.24, 2.45) is 11.8 Å². The van der Waals surface area contributed by atoms with Crippen LogP contribution in [-0.4, -0.2) is 45.2 Å². The van der Waals surface area contributed by atoms with E-state index >= 15 is 0 Å². The number of para-hydroxylation sites is 2. The summed E-state index contributed by atoms with van der Waals surface area (Å²) in [6.45, 7) is 2.10. The van der Waals surface area contributed by atoms with Gasteiger partial charge in [0.1, 0.15) is 5.69 Å². The van der Waals surface area contributed by atoms with Crippen LogP contribution in [0.3, 0.4) is 0 Å². The normalized spacial score (nSPS) is 32.9. The third kappa shape index (κ3) is 4.43. The van der Waals surface area contributed by atoms with Gasteiger partial charge in [-0.2, -0.15) is 0 Å². The second-order valence-electron chi connectivity index (χ2n) is 11.5. The van der Waals surface area contributed by atoms with Gasteiger partial charge < -0.3 is 9.30 Å². The molecule has 2 saturated heterocycles. The molecule has 6 heteroatoms. The van der Waals surface area contributed by atoms with Gasteiger partial charge in [-0.3, -0.25) is 14.5 Å². The number of esters is 1. The van der Waals surface area contributed by atoms with Crippen LogP contribution >= 0.6 is 0 Å². The van der Waals surface area contributed by atoms with Crippen LogP contribution in [0, 0.1) is 11.8 Å². The Labute approximate surface area is 208 Å². The van der Waals surface area contributed by atoms with Gasteiger partial charge in [-0.25, -0.2) is 4.98 Å².